The summed E-state index contributed by atoms with van der Waals surface area (Å²) in [7, 11) is 1.65. The molecule has 5 heterocycles. The molecule has 1 fully saturated rings. The lowest BCUT2D eigenvalue weighted by Crippen LogP contribution is -2.48. The number of nitrogens with zero attached hydrogens (tertiary/aromatic N) is 7. The minimum absolute atomic E-state index is 0.119. The molecule has 5 aromatic rings. The van der Waals surface area contributed by atoms with Crippen molar-refractivity contribution in [2.45, 2.75) is 66.2 Å². The maximum Gasteiger partial charge on any atom is 0.414 e. The lowest BCUT2D eigenvalue weighted by atomic mass is 10.1. The SMILES string of the molecule is Cc1ncsc1-c1ccc(CNC(=O)OC(C)(C)C)c(OCCCN2CCN(CC(=O)Nc3cn4cc(-c5cncc(N(C)C(=O)OC(C)C)c5)ccc4n3)CC2)c1. The molecule has 3 amide bonds. The van der Waals surface area contributed by atoms with Crippen LogP contribution in [0.1, 0.15) is 52.3 Å². The van der Waals surface area contributed by atoms with Crippen LogP contribution in [0.15, 0.2) is 66.7 Å². The number of thiazole rings is 1. The van der Waals surface area contributed by atoms with Gasteiger partial charge in [-0.15, -0.1) is 11.3 Å². The molecular weight excluding hydrogens is 759 g/mol. The molecule has 1 saturated heterocycles. The van der Waals surface area contributed by atoms with Gasteiger partial charge in [-0.25, -0.2) is 19.6 Å². The van der Waals surface area contributed by atoms with Crippen molar-refractivity contribution < 1.29 is 28.6 Å². The molecule has 6 rings (SSSR count). The van der Waals surface area contributed by atoms with E-state index in [9.17, 15) is 14.4 Å². The summed E-state index contributed by atoms with van der Waals surface area (Å²) in [5, 5.41) is 5.81. The second-order valence-electron chi connectivity index (χ2n) is 15.5. The summed E-state index contributed by atoms with van der Waals surface area (Å²) in [6.07, 6.45) is 6.72. The van der Waals surface area contributed by atoms with Gasteiger partial charge >= 0.3 is 12.2 Å². The van der Waals surface area contributed by atoms with Gasteiger partial charge in [0.1, 0.15) is 17.0 Å². The lowest BCUT2D eigenvalue weighted by molar-refractivity contribution is -0.117. The van der Waals surface area contributed by atoms with E-state index in [4.69, 9.17) is 14.2 Å². The van der Waals surface area contributed by atoms with E-state index in [0.29, 0.717) is 23.8 Å². The van der Waals surface area contributed by atoms with E-state index in [2.05, 4.69) is 35.4 Å². The molecule has 58 heavy (non-hydrogen) atoms. The molecule has 1 aliphatic heterocycles. The highest BCUT2D eigenvalue weighted by Gasteiger charge is 2.21. The van der Waals surface area contributed by atoms with E-state index in [1.54, 1.807) is 50.8 Å². The Hall–Kier alpha value is -5.58. The van der Waals surface area contributed by atoms with E-state index < -0.39 is 17.8 Å². The zero-order chi connectivity index (χ0) is 41.4. The average molecular weight is 812 g/mol. The largest absolute Gasteiger partial charge is 0.493 e. The zero-order valence-electron chi connectivity index (χ0n) is 34.3. The summed E-state index contributed by atoms with van der Waals surface area (Å²) >= 11 is 1.59. The minimum Gasteiger partial charge on any atom is -0.493 e. The molecule has 2 N–H and O–H groups in total. The number of imidazole rings is 1. The van der Waals surface area contributed by atoms with E-state index in [-0.39, 0.29) is 25.1 Å². The smallest absolute Gasteiger partial charge is 0.414 e. The first kappa shape index (κ1) is 42.0. The van der Waals surface area contributed by atoms with Gasteiger partial charge in [0.2, 0.25) is 5.91 Å². The molecule has 0 saturated carbocycles. The lowest BCUT2D eigenvalue weighted by Gasteiger charge is -2.34. The number of piperazine rings is 1. The third-order valence-corrected chi connectivity index (χ3v) is 10.4. The van der Waals surface area contributed by atoms with Gasteiger partial charge in [0.05, 0.1) is 53.4 Å². The van der Waals surface area contributed by atoms with E-state index in [1.807, 2.05) is 80.2 Å². The van der Waals surface area contributed by atoms with Crippen LogP contribution >= 0.6 is 11.3 Å². The number of aryl methyl sites for hydroxylation is 1. The molecule has 15 nitrogen and oxygen atoms in total. The summed E-state index contributed by atoms with van der Waals surface area (Å²) in [5.74, 6) is 1.08. The number of aromatic nitrogens is 4. The van der Waals surface area contributed by atoms with Crippen LogP contribution < -0.4 is 20.3 Å². The van der Waals surface area contributed by atoms with Gasteiger partial charge in [-0.1, -0.05) is 12.1 Å². The highest BCUT2D eigenvalue weighted by Crippen LogP contribution is 2.32. The molecule has 0 atom stereocenters. The van der Waals surface area contributed by atoms with Crippen LogP contribution in [0.25, 0.3) is 27.2 Å². The molecule has 0 bridgehead atoms. The highest BCUT2D eigenvalue weighted by molar-refractivity contribution is 7.13. The fourth-order valence-electron chi connectivity index (χ4n) is 6.44. The number of amides is 3. The summed E-state index contributed by atoms with van der Waals surface area (Å²) in [4.78, 5) is 58.2. The van der Waals surface area contributed by atoms with Gasteiger partial charge < -0.3 is 34.1 Å². The van der Waals surface area contributed by atoms with E-state index in [0.717, 1.165) is 77.7 Å². The first-order valence-corrected chi connectivity index (χ1v) is 20.3. The normalized spacial score (nSPS) is 13.7. The fraction of sp³-hybridized carbons (Fsp3) is 0.429. The molecule has 0 unspecified atom stereocenters. The number of hydrogen-bond acceptors (Lipinski definition) is 12. The van der Waals surface area contributed by atoms with Gasteiger partial charge in [-0.3, -0.25) is 19.6 Å². The van der Waals surface area contributed by atoms with Crippen molar-refractivity contribution >= 4 is 46.6 Å². The van der Waals surface area contributed by atoms with Crippen LogP contribution in [-0.4, -0.2) is 112 Å². The standard InChI is InChI=1S/C42H53N9O6S/c1-28(2)56-41(54)48(7)34-19-33(21-43-23-34)32-11-12-37-46-36(25-51(37)24-32)47-38(52)26-50-16-14-49(15-17-50)13-8-18-55-35-20-30(39-29(3)45-27-58-39)9-10-31(35)22-44-40(53)57-42(4,5)6/h9-12,19-21,23-25,27-28H,8,13-18,22,26H2,1-7H3,(H,44,53)(H,47,52). The number of rotatable bonds is 14. The Kier molecular flexibility index (Phi) is 13.6. The number of anilines is 2. The first-order valence-electron chi connectivity index (χ1n) is 19.5. The van der Waals surface area contributed by atoms with Gasteiger partial charge in [0.15, 0.2) is 5.82 Å². The van der Waals surface area contributed by atoms with Crippen molar-refractivity contribution in [3.63, 3.8) is 0 Å². The number of carbonyl (C=O) groups is 3. The minimum atomic E-state index is -0.585. The van der Waals surface area contributed by atoms with Crippen molar-refractivity contribution in [2.24, 2.45) is 0 Å². The Morgan fingerprint density at radius 3 is 2.45 bits per heavy atom. The Morgan fingerprint density at radius 2 is 1.72 bits per heavy atom. The summed E-state index contributed by atoms with van der Waals surface area (Å²) in [6.45, 7) is 16.3. The molecule has 16 heteroatoms. The predicted octanol–water partition coefficient (Wildman–Crippen LogP) is 6.86. The van der Waals surface area contributed by atoms with Crippen LogP contribution in [0.3, 0.4) is 0 Å². The second kappa shape index (κ2) is 18.8. The monoisotopic (exact) mass is 811 g/mol. The molecule has 0 aliphatic carbocycles. The summed E-state index contributed by atoms with van der Waals surface area (Å²) in [5.41, 5.74) is 7.11. The highest BCUT2D eigenvalue weighted by atomic mass is 32.1. The van der Waals surface area contributed by atoms with Gasteiger partial charge in [-0.05, 0) is 77.8 Å². The van der Waals surface area contributed by atoms with Crippen LogP contribution in [0.2, 0.25) is 0 Å². The third kappa shape index (κ3) is 11.5. The van der Waals surface area contributed by atoms with Gasteiger partial charge in [-0.2, -0.15) is 0 Å². The fourth-order valence-corrected chi connectivity index (χ4v) is 7.24. The number of hydrogen-bond donors (Lipinski definition) is 2. The quantitative estimate of drug-likeness (QED) is 0.113. The molecule has 0 radical (unpaired) electrons. The van der Waals surface area contributed by atoms with Gasteiger partial charge in [0, 0.05) is 75.4 Å². The first-order chi connectivity index (χ1) is 27.7. The van der Waals surface area contributed by atoms with Crippen LogP contribution in [0, 0.1) is 6.92 Å². The maximum atomic E-state index is 13.1. The predicted molar refractivity (Wildman–Crippen MR) is 225 cm³/mol. The molecule has 4 aromatic heterocycles. The Morgan fingerprint density at radius 1 is 0.966 bits per heavy atom. The van der Waals surface area contributed by atoms with Crippen molar-refractivity contribution in [2.75, 3.05) is 63.1 Å². The van der Waals surface area contributed by atoms with Crippen LogP contribution in [0.4, 0.5) is 21.1 Å². The Labute approximate surface area is 343 Å². The van der Waals surface area contributed by atoms with E-state index >= 15 is 0 Å². The van der Waals surface area contributed by atoms with Crippen molar-refractivity contribution in [3.8, 4) is 27.3 Å². The Balaban J connectivity index is 0.960. The van der Waals surface area contributed by atoms with Crippen LogP contribution in [0.5, 0.6) is 5.75 Å². The maximum absolute atomic E-state index is 13.1. The van der Waals surface area contributed by atoms with Crippen molar-refractivity contribution in [3.05, 3.63) is 78.0 Å². The van der Waals surface area contributed by atoms with E-state index in [1.165, 1.54) is 4.90 Å². The number of pyridine rings is 2. The number of benzene rings is 1. The third-order valence-electron chi connectivity index (χ3n) is 9.38. The number of ether oxygens (including phenoxy) is 3. The number of carbonyl (C=O) groups excluding carboxylic acids is 3. The number of fused-ring (bicyclic) bond motifs is 1. The molecular formula is C42H53N9O6S. The molecule has 0 spiro atoms. The Bertz CT molecular complexity index is 2210. The zero-order valence-corrected chi connectivity index (χ0v) is 35.1. The topological polar surface area (TPSA) is 156 Å². The van der Waals surface area contributed by atoms with Crippen LogP contribution in [-0.2, 0) is 20.8 Å². The summed E-state index contributed by atoms with van der Waals surface area (Å²) in [6, 6.07) is 11.7. The van der Waals surface area contributed by atoms with Gasteiger partial charge in [0.25, 0.3) is 0 Å². The summed E-state index contributed by atoms with van der Waals surface area (Å²) < 4.78 is 18.9. The second-order valence-corrected chi connectivity index (χ2v) is 16.4. The van der Waals surface area contributed by atoms with Crippen molar-refractivity contribution in [1.82, 2.24) is 34.5 Å². The molecule has 308 valence electrons. The average Bonchev–Trinajstić information content (AvgIpc) is 3.80. The van der Waals surface area contributed by atoms with Crippen molar-refractivity contribution in [1.29, 1.82) is 0 Å². The molecule has 1 aliphatic rings. The molecule has 1 aromatic carbocycles. The number of nitrogens with one attached hydrogen (secondary N) is 2. The number of alkyl carbamates (subject to hydrolysis) is 1.